The molecular formula is C24H23F4N3O3. The summed E-state index contributed by atoms with van der Waals surface area (Å²) in [5, 5.41) is 7.07. The lowest BCUT2D eigenvalue weighted by molar-refractivity contribution is -0.141. The number of hydrogen-bond acceptors (Lipinski definition) is 4. The molecule has 10 heteroatoms. The molecule has 1 atom stereocenters. The predicted octanol–water partition coefficient (Wildman–Crippen LogP) is 4.61. The minimum Gasteiger partial charge on any atom is -0.469 e. The maximum atomic E-state index is 13.3. The van der Waals surface area contributed by atoms with Gasteiger partial charge < -0.3 is 10.1 Å². The summed E-state index contributed by atoms with van der Waals surface area (Å²) >= 11 is 0. The molecule has 0 fully saturated rings. The molecule has 0 radical (unpaired) electrons. The van der Waals surface area contributed by atoms with Gasteiger partial charge in [-0.25, -0.2) is 9.07 Å². The van der Waals surface area contributed by atoms with Crippen molar-refractivity contribution in [1.29, 1.82) is 0 Å². The number of rotatable bonds is 7. The molecule has 0 saturated heterocycles. The van der Waals surface area contributed by atoms with Crippen LogP contribution in [0, 0.1) is 19.7 Å². The van der Waals surface area contributed by atoms with Crippen LogP contribution < -0.4 is 5.32 Å². The van der Waals surface area contributed by atoms with Crippen LogP contribution in [0.15, 0.2) is 48.5 Å². The number of halogens is 4. The molecule has 1 amide bonds. The van der Waals surface area contributed by atoms with E-state index in [2.05, 4.69) is 10.4 Å². The third kappa shape index (κ3) is 5.81. The molecule has 0 aliphatic rings. The first-order chi connectivity index (χ1) is 16.0. The molecule has 0 saturated carbocycles. The number of aromatic nitrogens is 2. The normalized spacial score (nSPS) is 12.3. The highest BCUT2D eigenvalue weighted by Gasteiger charge is 2.31. The highest BCUT2D eigenvalue weighted by Crippen LogP contribution is 2.31. The van der Waals surface area contributed by atoms with E-state index in [1.165, 1.54) is 48.2 Å². The lowest BCUT2D eigenvalue weighted by Gasteiger charge is -2.18. The van der Waals surface area contributed by atoms with Crippen LogP contribution in [-0.4, -0.2) is 28.8 Å². The zero-order chi connectivity index (χ0) is 25.0. The van der Waals surface area contributed by atoms with Gasteiger partial charge >= 0.3 is 12.1 Å². The first kappa shape index (κ1) is 24.9. The molecule has 0 aliphatic carbocycles. The Bertz CT molecular complexity index is 1190. The molecule has 0 aliphatic heterocycles. The van der Waals surface area contributed by atoms with Crippen LogP contribution in [-0.2, 0) is 26.9 Å². The maximum Gasteiger partial charge on any atom is 0.416 e. The van der Waals surface area contributed by atoms with E-state index in [9.17, 15) is 27.2 Å². The number of aryl methyl sites for hydroxylation is 1. The van der Waals surface area contributed by atoms with Gasteiger partial charge in [0.2, 0.25) is 5.91 Å². The first-order valence-electron chi connectivity index (χ1n) is 10.3. The summed E-state index contributed by atoms with van der Waals surface area (Å²) in [4.78, 5) is 24.7. The van der Waals surface area contributed by atoms with Crippen molar-refractivity contribution in [3.8, 4) is 5.69 Å². The number of amides is 1. The number of methoxy groups -OCH3 is 1. The van der Waals surface area contributed by atoms with Crippen LogP contribution in [0.3, 0.4) is 0 Å². The number of carbonyl (C=O) groups is 2. The van der Waals surface area contributed by atoms with Crippen molar-refractivity contribution >= 4 is 11.9 Å². The Balaban J connectivity index is 1.83. The number of nitrogens with one attached hydrogen (secondary N) is 1. The van der Waals surface area contributed by atoms with E-state index in [4.69, 9.17) is 4.74 Å². The van der Waals surface area contributed by atoms with Crippen molar-refractivity contribution in [1.82, 2.24) is 15.1 Å². The van der Waals surface area contributed by atoms with Crippen molar-refractivity contribution in [2.45, 2.75) is 38.9 Å². The molecule has 2 aromatic carbocycles. The van der Waals surface area contributed by atoms with Gasteiger partial charge in [0.25, 0.3) is 0 Å². The average Bonchev–Trinajstić information content (AvgIpc) is 3.07. The fourth-order valence-corrected chi connectivity index (χ4v) is 3.60. The van der Waals surface area contributed by atoms with Gasteiger partial charge in [-0.3, -0.25) is 9.59 Å². The van der Waals surface area contributed by atoms with Gasteiger partial charge in [-0.1, -0.05) is 18.2 Å². The second kappa shape index (κ2) is 10.1. The highest BCUT2D eigenvalue weighted by molar-refractivity contribution is 5.80. The van der Waals surface area contributed by atoms with Gasteiger partial charge in [0.05, 0.1) is 42.9 Å². The number of alkyl halides is 3. The second-order valence-electron chi connectivity index (χ2n) is 7.74. The van der Waals surface area contributed by atoms with E-state index >= 15 is 0 Å². The summed E-state index contributed by atoms with van der Waals surface area (Å²) in [7, 11) is 1.22. The fraction of sp³-hybridized carbons (Fsp3) is 0.292. The third-order valence-corrected chi connectivity index (χ3v) is 5.40. The smallest absolute Gasteiger partial charge is 0.416 e. The number of hydrogen-bond donors (Lipinski definition) is 1. The van der Waals surface area contributed by atoms with Crippen molar-refractivity contribution in [2.75, 3.05) is 7.11 Å². The largest absolute Gasteiger partial charge is 0.469 e. The van der Waals surface area contributed by atoms with Crippen molar-refractivity contribution in [2.24, 2.45) is 0 Å². The summed E-state index contributed by atoms with van der Waals surface area (Å²) < 4.78 is 58.7. The van der Waals surface area contributed by atoms with E-state index in [1.54, 1.807) is 13.8 Å². The molecule has 34 heavy (non-hydrogen) atoms. The number of ether oxygens (including phenoxy) is 1. The Kier molecular flexibility index (Phi) is 7.38. The van der Waals surface area contributed by atoms with Crippen LogP contribution in [0.2, 0.25) is 0 Å². The summed E-state index contributed by atoms with van der Waals surface area (Å²) in [5.74, 6) is -1.45. The maximum absolute atomic E-state index is 13.3. The molecule has 1 aromatic heterocycles. The molecule has 0 bridgehead atoms. The zero-order valence-electron chi connectivity index (χ0n) is 18.7. The topological polar surface area (TPSA) is 73.2 Å². The fourth-order valence-electron chi connectivity index (χ4n) is 3.60. The molecule has 0 spiro atoms. The Labute approximate surface area is 193 Å². The van der Waals surface area contributed by atoms with Gasteiger partial charge in [0.15, 0.2) is 0 Å². The van der Waals surface area contributed by atoms with Crippen molar-refractivity contribution < 1.29 is 31.9 Å². The molecule has 180 valence electrons. The first-order valence-corrected chi connectivity index (χ1v) is 10.3. The number of benzene rings is 2. The molecule has 3 rings (SSSR count). The second-order valence-corrected chi connectivity index (χ2v) is 7.74. The third-order valence-electron chi connectivity index (χ3n) is 5.40. The monoisotopic (exact) mass is 477 g/mol. The Morgan fingerprint density at radius 2 is 1.79 bits per heavy atom. The van der Waals surface area contributed by atoms with Gasteiger partial charge in [0, 0.05) is 11.3 Å². The van der Waals surface area contributed by atoms with Gasteiger partial charge in [0.1, 0.15) is 5.82 Å². The summed E-state index contributed by atoms with van der Waals surface area (Å²) in [5.41, 5.74) is 1.48. The number of esters is 1. The lowest BCUT2D eigenvalue weighted by Crippen LogP contribution is -2.32. The van der Waals surface area contributed by atoms with Crippen LogP contribution in [0.1, 0.15) is 40.5 Å². The summed E-state index contributed by atoms with van der Waals surface area (Å²) in [6, 6.07) is 9.38. The average molecular weight is 477 g/mol. The number of carbonyl (C=O) groups excluding carboxylic acids is 2. The standard InChI is InChI=1S/C24H23F4N3O3/c1-14-20(15(2)31(30-14)19-6-4-5-17(11-19)24(26,27)28)12-22(32)29-21(13-23(33)34-3)16-7-9-18(25)10-8-16/h4-11,21H,12-13H2,1-3H3,(H,29,32). The Morgan fingerprint density at radius 3 is 2.41 bits per heavy atom. The van der Waals surface area contributed by atoms with E-state index in [0.717, 1.165) is 12.1 Å². The minimum atomic E-state index is -4.50. The molecule has 1 N–H and O–H groups in total. The molecule has 6 nitrogen and oxygen atoms in total. The van der Waals surface area contributed by atoms with Crippen LogP contribution in [0.5, 0.6) is 0 Å². The molecular weight excluding hydrogens is 454 g/mol. The Morgan fingerprint density at radius 1 is 1.12 bits per heavy atom. The molecule has 1 unspecified atom stereocenters. The molecule has 3 aromatic rings. The van der Waals surface area contributed by atoms with Crippen LogP contribution >= 0.6 is 0 Å². The van der Waals surface area contributed by atoms with Crippen molar-refractivity contribution in [3.05, 3.63) is 82.4 Å². The predicted molar refractivity (Wildman–Crippen MR) is 116 cm³/mol. The van der Waals surface area contributed by atoms with Gasteiger partial charge in [-0.2, -0.15) is 18.3 Å². The molecule has 1 heterocycles. The quantitative estimate of drug-likeness (QED) is 0.399. The SMILES string of the molecule is COC(=O)CC(NC(=O)Cc1c(C)nn(-c2cccc(C(F)(F)F)c2)c1C)c1ccc(F)cc1. The minimum absolute atomic E-state index is 0.116. The highest BCUT2D eigenvalue weighted by atomic mass is 19.4. The Hall–Kier alpha value is -3.69. The van der Waals surface area contributed by atoms with Crippen LogP contribution in [0.25, 0.3) is 5.69 Å². The van der Waals surface area contributed by atoms with E-state index in [-0.39, 0.29) is 18.5 Å². The van der Waals surface area contributed by atoms with E-state index in [0.29, 0.717) is 22.5 Å². The van der Waals surface area contributed by atoms with Gasteiger partial charge in [-0.15, -0.1) is 0 Å². The van der Waals surface area contributed by atoms with Gasteiger partial charge in [-0.05, 0) is 49.7 Å². The van der Waals surface area contributed by atoms with Crippen molar-refractivity contribution in [3.63, 3.8) is 0 Å². The van der Waals surface area contributed by atoms with Crippen LogP contribution in [0.4, 0.5) is 17.6 Å². The lowest BCUT2D eigenvalue weighted by atomic mass is 10.0. The summed E-state index contributed by atoms with van der Waals surface area (Å²) in [6.07, 6.45) is -4.77. The summed E-state index contributed by atoms with van der Waals surface area (Å²) in [6.45, 7) is 3.32. The number of nitrogens with zero attached hydrogens (tertiary/aromatic N) is 2. The van der Waals surface area contributed by atoms with E-state index < -0.39 is 35.5 Å². The zero-order valence-corrected chi connectivity index (χ0v) is 18.7. The van der Waals surface area contributed by atoms with E-state index in [1.807, 2.05) is 0 Å².